The Kier molecular flexibility index (Phi) is 2.98. The number of rotatable bonds is 4. The fourth-order valence-electron chi connectivity index (χ4n) is 8.59. The van der Waals surface area contributed by atoms with Gasteiger partial charge in [0.1, 0.15) is 0 Å². The van der Waals surface area contributed by atoms with Crippen molar-refractivity contribution in [1.29, 1.82) is 0 Å². The first kappa shape index (κ1) is 15.7. The highest BCUT2D eigenvalue weighted by Gasteiger charge is 2.70. The van der Waals surface area contributed by atoms with Crippen LogP contribution in [0.25, 0.3) is 0 Å². The maximum atomic E-state index is 13.2. The largest absolute Gasteiger partial charge is 0.481 e. The molecule has 0 heterocycles. The molecule has 0 aliphatic heterocycles. The van der Waals surface area contributed by atoms with Crippen LogP contribution in [0.3, 0.4) is 0 Å². The van der Waals surface area contributed by atoms with Gasteiger partial charge in [0.05, 0.1) is 11.8 Å². The second-order valence-corrected chi connectivity index (χ2v) is 10.7. The van der Waals surface area contributed by atoms with Crippen molar-refractivity contribution in [3.63, 3.8) is 0 Å². The van der Waals surface area contributed by atoms with Gasteiger partial charge in [0.25, 0.3) is 0 Å². The highest BCUT2D eigenvalue weighted by atomic mass is 16.4. The van der Waals surface area contributed by atoms with Crippen molar-refractivity contribution >= 4 is 11.9 Å². The highest BCUT2D eigenvalue weighted by molar-refractivity contribution is 5.87. The first-order valence-corrected chi connectivity index (χ1v) is 10.7. The third-order valence-corrected chi connectivity index (χ3v) is 9.23. The predicted molar refractivity (Wildman–Crippen MR) is 96.0 cm³/mol. The molecule has 1 spiro atoms. The van der Waals surface area contributed by atoms with E-state index in [-0.39, 0.29) is 29.1 Å². The number of amides is 1. The topological polar surface area (TPSA) is 66.4 Å². The molecule has 6 bridgehead atoms. The molecular weight excluding hydrogens is 326 g/mol. The van der Waals surface area contributed by atoms with Gasteiger partial charge in [-0.25, -0.2) is 0 Å². The summed E-state index contributed by atoms with van der Waals surface area (Å²) in [6.07, 6.45) is 14.5. The molecule has 0 aromatic rings. The van der Waals surface area contributed by atoms with Crippen LogP contribution in [0.5, 0.6) is 0 Å². The quantitative estimate of drug-likeness (QED) is 0.761. The molecule has 0 unspecified atom stereocenters. The van der Waals surface area contributed by atoms with Crippen LogP contribution in [-0.2, 0) is 9.59 Å². The lowest BCUT2D eigenvalue weighted by atomic mass is 9.49. The predicted octanol–water partition coefficient (Wildman–Crippen LogP) is 3.23. The summed E-state index contributed by atoms with van der Waals surface area (Å²) in [7, 11) is 0. The van der Waals surface area contributed by atoms with E-state index in [4.69, 9.17) is 0 Å². The Bertz CT molecular complexity index is 671. The van der Waals surface area contributed by atoms with Gasteiger partial charge in [0.2, 0.25) is 5.91 Å². The zero-order valence-electron chi connectivity index (χ0n) is 15.3. The van der Waals surface area contributed by atoms with Crippen LogP contribution in [0.1, 0.15) is 51.4 Å². The van der Waals surface area contributed by atoms with Crippen LogP contribution in [0.4, 0.5) is 0 Å². The Balaban J connectivity index is 1.20. The minimum absolute atomic E-state index is 0.0243. The summed E-state index contributed by atoms with van der Waals surface area (Å²) in [6, 6.07) is 0. The van der Waals surface area contributed by atoms with Crippen LogP contribution in [-0.4, -0.2) is 23.5 Å². The summed E-state index contributed by atoms with van der Waals surface area (Å²) in [5.41, 5.74) is 0.430. The number of aliphatic carboxylic acids is 1. The van der Waals surface area contributed by atoms with Gasteiger partial charge in [-0.05, 0) is 91.8 Å². The molecular formula is C22H29NO3. The number of allylic oxidation sites excluding steroid dienone is 2. The zero-order valence-corrected chi connectivity index (χ0v) is 15.3. The molecule has 4 heteroatoms. The third-order valence-electron chi connectivity index (χ3n) is 9.23. The smallest absolute Gasteiger partial charge is 0.307 e. The minimum Gasteiger partial charge on any atom is -0.481 e. The van der Waals surface area contributed by atoms with E-state index in [1.165, 1.54) is 38.5 Å². The average molecular weight is 355 g/mol. The van der Waals surface area contributed by atoms with Crippen molar-refractivity contribution in [2.75, 3.05) is 6.54 Å². The van der Waals surface area contributed by atoms with Crippen LogP contribution >= 0.6 is 0 Å². The fraction of sp³-hybridized carbons (Fsp3) is 0.818. The molecule has 0 aromatic carbocycles. The Morgan fingerprint density at radius 1 is 0.923 bits per heavy atom. The molecule has 7 rings (SSSR count). The molecule has 0 aromatic heterocycles. The monoisotopic (exact) mass is 355 g/mol. The number of carboxylic acid groups (broad SMARTS) is 1. The maximum Gasteiger partial charge on any atom is 0.307 e. The van der Waals surface area contributed by atoms with Crippen LogP contribution in [0, 0.1) is 52.3 Å². The lowest BCUT2D eigenvalue weighted by Gasteiger charge is -2.57. The van der Waals surface area contributed by atoms with E-state index in [0.717, 1.165) is 37.1 Å². The van der Waals surface area contributed by atoms with Gasteiger partial charge < -0.3 is 10.4 Å². The summed E-state index contributed by atoms with van der Waals surface area (Å²) in [5.74, 6) is 1.27. The van der Waals surface area contributed by atoms with E-state index in [1.807, 2.05) is 0 Å². The SMILES string of the molecule is O=C(O)[C@@H]1[C@H](C(=O)NCC23CC4CC(CC(C4)C2)C3)[C@@H]2C=C[C@H]1C21CC1. The van der Waals surface area contributed by atoms with Gasteiger partial charge >= 0.3 is 5.97 Å². The Labute approximate surface area is 154 Å². The van der Waals surface area contributed by atoms with Crippen LogP contribution in [0.2, 0.25) is 0 Å². The molecule has 0 radical (unpaired) electrons. The summed E-state index contributed by atoms with van der Waals surface area (Å²) < 4.78 is 0. The van der Waals surface area contributed by atoms with E-state index in [1.54, 1.807) is 0 Å². The molecule has 7 aliphatic carbocycles. The normalized spacial score (nSPS) is 51.2. The lowest BCUT2D eigenvalue weighted by Crippen LogP contribution is -2.52. The summed E-state index contributed by atoms with van der Waals surface area (Å²) in [4.78, 5) is 25.1. The van der Waals surface area contributed by atoms with Crippen molar-refractivity contribution in [3.05, 3.63) is 12.2 Å². The molecule has 4 atom stereocenters. The van der Waals surface area contributed by atoms with Crippen molar-refractivity contribution in [1.82, 2.24) is 5.32 Å². The second kappa shape index (κ2) is 4.94. The molecule has 2 N–H and O–H groups in total. The van der Waals surface area contributed by atoms with Gasteiger partial charge in [0, 0.05) is 6.54 Å². The van der Waals surface area contributed by atoms with Crippen LogP contribution < -0.4 is 5.32 Å². The Hall–Kier alpha value is -1.32. The molecule has 7 aliphatic rings. The Morgan fingerprint density at radius 2 is 1.46 bits per heavy atom. The highest BCUT2D eigenvalue weighted by Crippen LogP contribution is 2.72. The van der Waals surface area contributed by atoms with Crippen molar-refractivity contribution in [2.24, 2.45) is 52.3 Å². The number of hydrogen-bond donors (Lipinski definition) is 2. The Morgan fingerprint density at radius 3 is 1.96 bits per heavy atom. The van der Waals surface area contributed by atoms with E-state index < -0.39 is 11.9 Å². The zero-order chi connectivity index (χ0) is 17.7. The first-order chi connectivity index (χ1) is 12.5. The van der Waals surface area contributed by atoms with E-state index in [2.05, 4.69) is 17.5 Å². The summed E-state index contributed by atoms with van der Waals surface area (Å²) in [5, 5.41) is 13.1. The molecule has 140 valence electrons. The lowest BCUT2D eigenvalue weighted by molar-refractivity contribution is -0.148. The summed E-state index contributed by atoms with van der Waals surface area (Å²) >= 11 is 0. The number of hydrogen-bond acceptors (Lipinski definition) is 2. The number of carboxylic acids is 1. The van der Waals surface area contributed by atoms with Gasteiger partial charge in [0.15, 0.2) is 0 Å². The van der Waals surface area contributed by atoms with E-state index >= 15 is 0 Å². The van der Waals surface area contributed by atoms with Gasteiger partial charge in [-0.15, -0.1) is 0 Å². The average Bonchev–Trinajstić information content (AvgIpc) is 3.24. The first-order valence-electron chi connectivity index (χ1n) is 10.7. The van der Waals surface area contributed by atoms with Gasteiger partial charge in [-0.2, -0.15) is 0 Å². The van der Waals surface area contributed by atoms with E-state index in [9.17, 15) is 14.7 Å². The van der Waals surface area contributed by atoms with Crippen molar-refractivity contribution < 1.29 is 14.7 Å². The van der Waals surface area contributed by atoms with Crippen molar-refractivity contribution in [2.45, 2.75) is 51.4 Å². The van der Waals surface area contributed by atoms with Gasteiger partial charge in [-0.1, -0.05) is 12.2 Å². The third kappa shape index (κ3) is 1.96. The molecule has 6 fully saturated rings. The number of carbonyl (C=O) groups is 2. The van der Waals surface area contributed by atoms with Crippen LogP contribution in [0.15, 0.2) is 12.2 Å². The van der Waals surface area contributed by atoms with E-state index in [0.29, 0.717) is 5.41 Å². The number of nitrogens with one attached hydrogen (secondary N) is 1. The summed E-state index contributed by atoms with van der Waals surface area (Å²) in [6.45, 7) is 0.784. The molecule has 1 amide bonds. The standard InChI is InChI=1S/C22H29NO3/c24-19(17-15-1-2-16(18(17)20(25)26)22(15)3-4-22)23-11-21-8-12-5-13(9-21)7-14(6-12)10-21/h1-2,12-18H,3-11H2,(H,23,24)(H,25,26)/t12?,13?,14?,15-,16+,17+,18-,21?/m0/s1. The molecule has 6 saturated carbocycles. The minimum atomic E-state index is -0.775. The molecule has 4 nitrogen and oxygen atoms in total. The number of carbonyl (C=O) groups excluding carboxylic acids is 1. The van der Waals surface area contributed by atoms with Crippen molar-refractivity contribution in [3.8, 4) is 0 Å². The second-order valence-electron chi connectivity index (χ2n) is 10.7. The maximum absolute atomic E-state index is 13.2. The molecule has 26 heavy (non-hydrogen) atoms. The van der Waals surface area contributed by atoms with Gasteiger partial charge in [-0.3, -0.25) is 9.59 Å². The molecule has 0 saturated heterocycles. The fourth-order valence-corrected chi connectivity index (χ4v) is 8.59.